The van der Waals surface area contributed by atoms with Gasteiger partial charge in [-0.25, -0.2) is 4.79 Å². The molecular weight excluding hydrogens is 258 g/mol. The molecule has 2 N–H and O–H groups in total. The molecule has 1 saturated heterocycles. The summed E-state index contributed by atoms with van der Waals surface area (Å²) in [6, 6.07) is 4.97. The summed E-state index contributed by atoms with van der Waals surface area (Å²) in [5, 5.41) is 13.1. The van der Waals surface area contributed by atoms with Crippen molar-refractivity contribution in [1.29, 1.82) is 0 Å². The minimum absolute atomic E-state index is 0.146. The number of hydrogen-bond acceptors (Lipinski definition) is 3. The Kier molecular flexibility index (Phi) is 4.18. The molecule has 0 amide bonds. The van der Waals surface area contributed by atoms with Crippen LogP contribution in [-0.2, 0) is 0 Å². The number of carbonyl (C=O) groups is 1. The van der Waals surface area contributed by atoms with E-state index in [-0.39, 0.29) is 10.6 Å². The summed E-state index contributed by atoms with van der Waals surface area (Å²) in [5.41, 5.74) is 1.03. The summed E-state index contributed by atoms with van der Waals surface area (Å²) in [7, 11) is 0. The molecule has 0 radical (unpaired) electrons. The minimum atomic E-state index is -0.993. The third-order valence-corrected chi connectivity index (χ3v) is 4.47. The van der Waals surface area contributed by atoms with Crippen LogP contribution in [0, 0.1) is 0 Å². The van der Waals surface area contributed by atoms with Gasteiger partial charge in [0.1, 0.15) is 0 Å². The molecule has 0 spiro atoms. The third kappa shape index (κ3) is 3.30. The first-order chi connectivity index (χ1) is 8.16. The average Bonchev–Trinajstić information content (AvgIpc) is 2.78. The molecule has 1 aliphatic heterocycles. The summed E-state index contributed by atoms with van der Waals surface area (Å²) in [6.07, 6.45) is 2.54. The van der Waals surface area contributed by atoms with Crippen LogP contribution in [0.25, 0.3) is 0 Å². The predicted octanol–water partition coefficient (Wildman–Crippen LogP) is 3.35. The van der Waals surface area contributed by atoms with E-state index in [9.17, 15) is 4.79 Å². The van der Waals surface area contributed by atoms with Crippen molar-refractivity contribution in [3.05, 3.63) is 28.8 Å². The lowest BCUT2D eigenvalue weighted by Crippen LogP contribution is -2.13. The minimum Gasteiger partial charge on any atom is -0.478 e. The molecular formula is C12H14ClNO2S. The summed E-state index contributed by atoms with van der Waals surface area (Å²) in [4.78, 5) is 10.8. The molecule has 3 nitrogen and oxygen atoms in total. The van der Waals surface area contributed by atoms with E-state index < -0.39 is 5.97 Å². The second kappa shape index (κ2) is 5.65. The standard InChI is InChI=1S/C12H14ClNO2S/c13-11-6-8(3-4-10(11)12(15)16)14-7-9-2-1-5-17-9/h3-4,6,9,14H,1-2,5,7H2,(H,15,16). The quantitative estimate of drug-likeness (QED) is 0.882. The number of rotatable bonds is 4. The van der Waals surface area contributed by atoms with Crippen LogP contribution in [0.1, 0.15) is 23.2 Å². The maximum atomic E-state index is 10.8. The van der Waals surface area contributed by atoms with Crippen molar-refractivity contribution < 1.29 is 9.90 Å². The SMILES string of the molecule is O=C(O)c1ccc(NCC2CCCS2)cc1Cl. The van der Waals surface area contributed by atoms with E-state index in [2.05, 4.69) is 5.32 Å². The number of carboxylic acids is 1. The molecule has 1 heterocycles. The maximum absolute atomic E-state index is 10.8. The van der Waals surface area contributed by atoms with Gasteiger partial charge in [-0.3, -0.25) is 0 Å². The summed E-state index contributed by atoms with van der Waals surface area (Å²) in [6.45, 7) is 0.910. The first-order valence-electron chi connectivity index (χ1n) is 5.55. The van der Waals surface area contributed by atoms with Crippen molar-refractivity contribution in [3.63, 3.8) is 0 Å². The van der Waals surface area contributed by atoms with Crippen molar-refractivity contribution in [3.8, 4) is 0 Å². The fraction of sp³-hybridized carbons (Fsp3) is 0.417. The van der Waals surface area contributed by atoms with Gasteiger partial charge in [0.25, 0.3) is 0 Å². The number of aromatic carboxylic acids is 1. The van der Waals surface area contributed by atoms with Crippen LogP contribution in [0.15, 0.2) is 18.2 Å². The Morgan fingerprint density at radius 1 is 1.59 bits per heavy atom. The maximum Gasteiger partial charge on any atom is 0.337 e. The fourth-order valence-electron chi connectivity index (χ4n) is 1.84. The number of benzene rings is 1. The highest BCUT2D eigenvalue weighted by molar-refractivity contribution is 8.00. The van der Waals surface area contributed by atoms with Gasteiger partial charge in [0.15, 0.2) is 0 Å². The van der Waals surface area contributed by atoms with Crippen molar-refractivity contribution in [2.24, 2.45) is 0 Å². The molecule has 1 atom stereocenters. The smallest absolute Gasteiger partial charge is 0.337 e. The first-order valence-corrected chi connectivity index (χ1v) is 6.98. The van der Waals surface area contributed by atoms with Gasteiger partial charge in [0.05, 0.1) is 10.6 Å². The average molecular weight is 272 g/mol. The lowest BCUT2D eigenvalue weighted by atomic mass is 10.2. The number of halogens is 1. The predicted molar refractivity (Wildman–Crippen MR) is 72.4 cm³/mol. The Balaban J connectivity index is 1.97. The normalized spacial score (nSPS) is 19.2. The summed E-state index contributed by atoms with van der Waals surface area (Å²) < 4.78 is 0. The largest absolute Gasteiger partial charge is 0.478 e. The van der Waals surface area contributed by atoms with Crippen molar-refractivity contribution in [1.82, 2.24) is 0 Å². The van der Waals surface area contributed by atoms with Crippen molar-refractivity contribution in [2.75, 3.05) is 17.6 Å². The van der Waals surface area contributed by atoms with E-state index >= 15 is 0 Å². The molecule has 1 aromatic rings. The lowest BCUT2D eigenvalue weighted by molar-refractivity contribution is 0.0697. The van der Waals surface area contributed by atoms with E-state index in [1.54, 1.807) is 12.1 Å². The number of anilines is 1. The van der Waals surface area contributed by atoms with E-state index in [4.69, 9.17) is 16.7 Å². The zero-order valence-electron chi connectivity index (χ0n) is 9.28. The van der Waals surface area contributed by atoms with Gasteiger partial charge in [-0.2, -0.15) is 11.8 Å². The van der Waals surface area contributed by atoms with Gasteiger partial charge < -0.3 is 10.4 Å². The molecule has 0 aliphatic carbocycles. The first kappa shape index (κ1) is 12.6. The van der Waals surface area contributed by atoms with E-state index in [1.807, 2.05) is 11.8 Å². The molecule has 92 valence electrons. The Morgan fingerprint density at radius 3 is 3.00 bits per heavy atom. The highest BCUT2D eigenvalue weighted by atomic mass is 35.5. The van der Waals surface area contributed by atoms with E-state index in [1.165, 1.54) is 24.7 Å². The molecule has 1 unspecified atom stereocenters. The lowest BCUT2D eigenvalue weighted by Gasteiger charge is -2.12. The van der Waals surface area contributed by atoms with Gasteiger partial charge in [-0.05, 0) is 36.8 Å². The second-order valence-electron chi connectivity index (χ2n) is 4.02. The van der Waals surface area contributed by atoms with Crippen LogP contribution in [0.5, 0.6) is 0 Å². The Labute approximate surface area is 110 Å². The highest BCUT2D eigenvalue weighted by Gasteiger charge is 2.15. The van der Waals surface area contributed by atoms with Gasteiger partial charge in [0, 0.05) is 17.5 Å². The van der Waals surface area contributed by atoms with Crippen LogP contribution in [0.4, 0.5) is 5.69 Å². The van der Waals surface area contributed by atoms with Crippen molar-refractivity contribution >= 4 is 35.0 Å². The Hall–Kier alpha value is -0.870. The molecule has 1 fully saturated rings. The zero-order valence-corrected chi connectivity index (χ0v) is 10.9. The van der Waals surface area contributed by atoms with E-state index in [0.717, 1.165) is 12.2 Å². The number of carboxylic acid groups (broad SMARTS) is 1. The molecule has 1 aromatic carbocycles. The Bertz CT molecular complexity index is 419. The number of hydrogen-bond donors (Lipinski definition) is 2. The van der Waals surface area contributed by atoms with Gasteiger partial charge in [0.2, 0.25) is 0 Å². The monoisotopic (exact) mass is 271 g/mol. The third-order valence-electron chi connectivity index (χ3n) is 2.76. The number of thioether (sulfide) groups is 1. The molecule has 0 bridgehead atoms. The number of nitrogens with one attached hydrogen (secondary N) is 1. The Morgan fingerprint density at radius 2 is 2.41 bits per heavy atom. The molecule has 1 aliphatic rings. The van der Waals surface area contributed by atoms with Gasteiger partial charge >= 0.3 is 5.97 Å². The zero-order chi connectivity index (χ0) is 12.3. The van der Waals surface area contributed by atoms with Gasteiger partial charge in [-0.1, -0.05) is 11.6 Å². The second-order valence-corrected chi connectivity index (χ2v) is 5.83. The van der Waals surface area contributed by atoms with Crippen LogP contribution in [-0.4, -0.2) is 28.6 Å². The van der Waals surface area contributed by atoms with Crippen molar-refractivity contribution in [2.45, 2.75) is 18.1 Å². The molecule has 0 aromatic heterocycles. The topological polar surface area (TPSA) is 49.3 Å². The molecule has 17 heavy (non-hydrogen) atoms. The van der Waals surface area contributed by atoms with Crippen LogP contribution < -0.4 is 5.32 Å². The summed E-state index contributed by atoms with van der Waals surface area (Å²) >= 11 is 7.88. The molecule has 0 saturated carbocycles. The van der Waals surface area contributed by atoms with Gasteiger partial charge in [-0.15, -0.1) is 0 Å². The van der Waals surface area contributed by atoms with E-state index in [0.29, 0.717) is 5.25 Å². The highest BCUT2D eigenvalue weighted by Crippen LogP contribution is 2.27. The van der Waals surface area contributed by atoms with Crippen LogP contribution in [0.2, 0.25) is 5.02 Å². The van der Waals surface area contributed by atoms with Crippen LogP contribution in [0.3, 0.4) is 0 Å². The molecule has 5 heteroatoms. The van der Waals surface area contributed by atoms with Crippen LogP contribution >= 0.6 is 23.4 Å². The fourth-order valence-corrected chi connectivity index (χ4v) is 3.30. The summed E-state index contributed by atoms with van der Waals surface area (Å²) in [5.74, 6) is 0.248. The molecule has 2 rings (SSSR count).